The van der Waals surface area contributed by atoms with E-state index in [1.807, 2.05) is 0 Å². The van der Waals surface area contributed by atoms with Crippen molar-refractivity contribution in [3.8, 4) is 0 Å². The minimum atomic E-state index is -0.964. The van der Waals surface area contributed by atoms with Crippen LogP contribution in [-0.4, -0.2) is 17.0 Å². The van der Waals surface area contributed by atoms with Gasteiger partial charge in [-0.15, -0.1) is 11.3 Å². The molecule has 2 aromatic rings. The van der Waals surface area contributed by atoms with Crippen molar-refractivity contribution in [2.45, 2.75) is 6.42 Å². The first-order chi connectivity index (χ1) is 9.08. The van der Waals surface area contributed by atoms with Crippen LogP contribution in [0.4, 0.5) is 5.69 Å². The van der Waals surface area contributed by atoms with Gasteiger partial charge in [0.1, 0.15) is 0 Å². The number of benzene rings is 1. The molecule has 4 nitrogen and oxygen atoms in total. The number of carbonyl (C=O) groups is 2. The number of halogens is 1. The molecule has 98 valence electrons. The van der Waals surface area contributed by atoms with Gasteiger partial charge in [0.2, 0.25) is 0 Å². The topological polar surface area (TPSA) is 66.4 Å². The lowest BCUT2D eigenvalue weighted by Crippen LogP contribution is -2.14. The summed E-state index contributed by atoms with van der Waals surface area (Å²) in [6.45, 7) is 0. The van der Waals surface area contributed by atoms with E-state index in [9.17, 15) is 9.59 Å². The molecule has 1 aromatic heterocycles. The number of carboxylic acid groups (broad SMARTS) is 1. The molecule has 0 saturated heterocycles. The molecular formula is C13H10ClNO3S. The quantitative estimate of drug-likeness (QED) is 0.909. The number of carbonyl (C=O) groups excluding carboxylic acids is 1. The fourth-order valence-corrected chi connectivity index (χ4v) is 2.62. The maximum Gasteiger partial charge on any atom is 0.308 e. The van der Waals surface area contributed by atoms with Crippen molar-refractivity contribution < 1.29 is 14.7 Å². The number of anilines is 1. The fraction of sp³-hybridized carbons (Fsp3) is 0.0769. The predicted molar refractivity (Wildman–Crippen MR) is 75.1 cm³/mol. The molecule has 1 heterocycles. The van der Waals surface area contributed by atoms with Crippen molar-refractivity contribution in [2.24, 2.45) is 0 Å². The second-order valence-corrected chi connectivity index (χ2v) is 5.17. The summed E-state index contributed by atoms with van der Waals surface area (Å²) in [4.78, 5) is 23.3. The molecule has 6 heteroatoms. The van der Waals surface area contributed by atoms with Crippen LogP contribution in [0.5, 0.6) is 0 Å². The number of aliphatic carboxylic acids is 1. The van der Waals surface area contributed by atoms with Crippen molar-refractivity contribution >= 4 is 40.5 Å². The Balaban J connectivity index is 2.19. The van der Waals surface area contributed by atoms with E-state index in [4.69, 9.17) is 16.7 Å². The van der Waals surface area contributed by atoms with Crippen LogP contribution in [0.2, 0.25) is 5.02 Å². The van der Waals surface area contributed by atoms with Gasteiger partial charge in [0.25, 0.3) is 5.91 Å². The van der Waals surface area contributed by atoms with E-state index < -0.39 is 5.97 Å². The summed E-state index contributed by atoms with van der Waals surface area (Å²) in [7, 11) is 0. The Labute approximate surface area is 118 Å². The van der Waals surface area contributed by atoms with Crippen LogP contribution in [0, 0.1) is 0 Å². The maximum atomic E-state index is 12.1. The molecular weight excluding hydrogens is 286 g/mol. The van der Waals surface area contributed by atoms with Crippen LogP contribution in [0.15, 0.2) is 35.7 Å². The van der Waals surface area contributed by atoms with Crippen LogP contribution in [0.3, 0.4) is 0 Å². The summed E-state index contributed by atoms with van der Waals surface area (Å²) in [6.07, 6.45) is -0.164. The lowest BCUT2D eigenvalue weighted by molar-refractivity contribution is -0.136. The van der Waals surface area contributed by atoms with E-state index in [0.29, 0.717) is 21.2 Å². The Morgan fingerprint density at radius 3 is 2.68 bits per heavy atom. The van der Waals surface area contributed by atoms with Gasteiger partial charge < -0.3 is 10.4 Å². The first kappa shape index (κ1) is 13.6. The summed E-state index contributed by atoms with van der Waals surface area (Å²) in [6, 6.07) is 8.48. The highest BCUT2D eigenvalue weighted by Crippen LogP contribution is 2.23. The SMILES string of the molecule is O=C(O)Cc1sccc1C(=O)Nc1ccccc1Cl. The number of hydrogen-bond acceptors (Lipinski definition) is 3. The monoisotopic (exact) mass is 295 g/mol. The highest BCUT2D eigenvalue weighted by atomic mass is 35.5. The highest BCUT2D eigenvalue weighted by Gasteiger charge is 2.16. The largest absolute Gasteiger partial charge is 0.481 e. The van der Waals surface area contributed by atoms with Gasteiger partial charge >= 0.3 is 5.97 Å². The van der Waals surface area contributed by atoms with E-state index in [2.05, 4.69) is 5.32 Å². The smallest absolute Gasteiger partial charge is 0.308 e. The van der Waals surface area contributed by atoms with E-state index in [0.717, 1.165) is 0 Å². The molecule has 0 aliphatic rings. The number of rotatable bonds is 4. The third kappa shape index (κ3) is 3.33. The zero-order valence-corrected chi connectivity index (χ0v) is 11.3. The van der Waals surface area contributed by atoms with Crippen molar-refractivity contribution in [3.63, 3.8) is 0 Å². The van der Waals surface area contributed by atoms with Gasteiger partial charge in [-0.05, 0) is 23.6 Å². The number of thiophene rings is 1. The molecule has 1 aromatic carbocycles. The molecule has 0 fully saturated rings. The molecule has 0 atom stereocenters. The third-order valence-electron chi connectivity index (χ3n) is 2.42. The normalized spacial score (nSPS) is 10.2. The highest BCUT2D eigenvalue weighted by molar-refractivity contribution is 7.10. The Morgan fingerprint density at radius 2 is 2.00 bits per heavy atom. The molecule has 0 spiro atoms. The maximum absolute atomic E-state index is 12.1. The number of carboxylic acids is 1. The molecule has 19 heavy (non-hydrogen) atoms. The van der Waals surface area contributed by atoms with Crippen LogP contribution in [0.1, 0.15) is 15.2 Å². The van der Waals surface area contributed by atoms with Crippen molar-refractivity contribution in [2.75, 3.05) is 5.32 Å². The van der Waals surface area contributed by atoms with Crippen molar-refractivity contribution in [3.05, 3.63) is 51.2 Å². The lowest BCUT2D eigenvalue weighted by atomic mass is 10.2. The molecule has 0 aliphatic heterocycles. The Morgan fingerprint density at radius 1 is 1.26 bits per heavy atom. The number of nitrogens with one attached hydrogen (secondary N) is 1. The molecule has 0 saturated carbocycles. The molecule has 2 rings (SSSR count). The molecule has 0 radical (unpaired) electrons. The van der Waals surface area contributed by atoms with Gasteiger partial charge in [0.05, 0.1) is 22.7 Å². The summed E-state index contributed by atoms with van der Waals surface area (Å²) >= 11 is 7.19. The first-order valence-electron chi connectivity index (χ1n) is 5.42. The van der Waals surface area contributed by atoms with Gasteiger partial charge in [-0.2, -0.15) is 0 Å². The molecule has 1 amide bonds. The van der Waals surface area contributed by atoms with E-state index in [-0.39, 0.29) is 12.3 Å². The Hall–Kier alpha value is -1.85. The van der Waals surface area contributed by atoms with Crippen molar-refractivity contribution in [1.82, 2.24) is 0 Å². The van der Waals surface area contributed by atoms with E-state index in [1.54, 1.807) is 35.7 Å². The van der Waals surface area contributed by atoms with Gasteiger partial charge in [0, 0.05) is 4.88 Å². The zero-order valence-electron chi connectivity index (χ0n) is 9.72. The van der Waals surface area contributed by atoms with Gasteiger partial charge in [0.15, 0.2) is 0 Å². The first-order valence-corrected chi connectivity index (χ1v) is 6.67. The summed E-state index contributed by atoms with van der Waals surface area (Å²) in [5, 5.41) is 13.6. The van der Waals surface area contributed by atoms with Gasteiger partial charge in [-0.1, -0.05) is 23.7 Å². The van der Waals surface area contributed by atoms with Crippen LogP contribution >= 0.6 is 22.9 Å². The van der Waals surface area contributed by atoms with E-state index in [1.165, 1.54) is 11.3 Å². The second-order valence-electron chi connectivity index (χ2n) is 3.76. The van der Waals surface area contributed by atoms with E-state index >= 15 is 0 Å². The fourth-order valence-electron chi connectivity index (χ4n) is 1.57. The van der Waals surface area contributed by atoms with Gasteiger partial charge in [-0.25, -0.2) is 0 Å². The standard InChI is InChI=1S/C13H10ClNO3S/c14-9-3-1-2-4-10(9)15-13(18)8-5-6-19-11(8)7-12(16)17/h1-6H,7H2,(H,15,18)(H,16,17). The lowest BCUT2D eigenvalue weighted by Gasteiger charge is -2.07. The average molecular weight is 296 g/mol. The number of hydrogen-bond donors (Lipinski definition) is 2. The number of amides is 1. The number of para-hydroxylation sites is 1. The third-order valence-corrected chi connectivity index (χ3v) is 3.67. The van der Waals surface area contributed by atoms with Crippen LogP contribution in [0.25, 0.3) is 0 Å². The van der Waals surface area contributed by atoms with Crippen LogP contribution < -0.4 is 5.32 Å². The minimum Gasteiger partial charge on any atom is -0.481 e. The van der Waals surface area contributed by atoms with Gasteiger partial charge in [-0.3, -0.25) is 9.59 Å². The zero-order chi connectivity index (χ0) is 13.8. The molecule has 0 bridgehead atoms. The summed E-state index contributed by atoms with van der Waals surface area (Å²) in [5.74, 6) is -1.32. The predicted octanol–water partition coefficient (Wildman–Crippen LogP) is 3.28. The average Bonchev–Trinajstić information content (AvgIpc) is 2.79. The van der Waals surface area contributed by atoms with Crippen LogP contribution in [-0.2, 0) is 11.2 Å². The second kappa shape index (κ2) is 5.86. The molecule has 0 unspecified atom stereocenters. The minimum absolute atomic E-state index is 0.164. The summed E-state index contributed by atoms with van der Waals surface area (Å²) < 4.78 is 0. The summed E-state index contributed by atoms with van der Waals surface area (Å²) in [5.41, 5.74) is 0.869. The Kier molecular flexibility index (Phi) is 4.19. The Bertz CT molecular complexity index is 624. The molecule has 0 aliphatic carbocycles. The van der Waals surface area contributed by atoms with Crippen molar-refractivity contribution in [1.29, 1.82) is 0 Å². The molecule has 2 N–H and O–H groups in total.